The summed E-state index contributed by atoms with van der Waals surface area (Å²) in [6, 6.07) is 10.9. The second-order valence-corrected chi connectivity index (χ2v) is 10.6. The van der Waals surface area contributed by atoms with Crippen LogP contribution in [0.15, 0.2) is 41.2 Å². The fraction of sp³-hybridized carbons (Fsp3) is 0.350. The van der Waals surface area contributed by atoms with Crippen LogP contribution in [0.1, 0.15) is 18.5 Å². The molecule has 1 saturated carbocycles. The van der Waals surface area contributed by atoms with Gasteiger partial charge in [0, 0.05) is 17.2 Å². The van der Waals surface area contributed by atoms with Crippen LogP contribution >= 0.6 is 11.6 Å². The Kier molecular flexibility index (Phi) is 4.02. The first-order valence-corrected chi connectivity index (χ1v) is 11.6. The lowest BCUT2D eigenvalue weighted by atomic mass is 9.67. The second kappa shape index (κ2) is 6.27. The van der Waals surface area contributed by atoms with Crippen LogP contribution < -0.4 is 11.0 Å². The molecule has 29 heavy (non-hydrogen) atoms. The Hall–Kier alpha value is -2.45. The Labute approximate surface area is 172 Å². The van der Waals surface area contributed by atoms with Crippen LogP contribution in [0.2, 0.25) is 5.02 Å². The summed E-state index contributed by atoms with van der Waals surface area (Å²) in [6.07, 6.45) is 1.53. The minimum absolute atomic E-state index is 0.0896. The minimum atomic E-state index is -2.85. The topological polar surface area (TPSA) is 94.0 Å². The van der Waals surface area contributed by atoms with Crippen molar-refractivity contribution in [2.45, 2.75) is 25.8 Å². The molecule has 1 aliphatic heterocycles. The van der Waals surface area contributed by atoms with E-state index in [4.69, 9.17) is 11.6 Å². The van der Waals surface area contributed by atoms with Gasteiger partial charge in [0.05, 0.1) is 27.6 Å². The van der Waals surface area contributed by atoms with E-state index in [1.54, 1.807) is 18.2 Å². The minimum Gasteiger partial charge on any atom is -0.367 e. The van der Waals surface area contributed by atoms with Crippen molar-refractivity contribution in [2.24, 2.45) is 5.41 Å². The number of hydrogen-bond donors (Lipinski definition) is 1. The summed E-state index contributed by atoms with van der Waals surface area (Å²) in [6.45, 7) is 1.86. The summed E-state index contributed by atoms with van der Waals surface area (Å²) < 4.78 is 24.5. The summed E-state index contributed by atoms with van der Waals surface area (Å²) in [7, 11) is -2.85. The zero-order chi connectivity index (χ0) is 20.4. The van der Waals surface area contributed by atoms with E-state index in [2.05, 4.69) is 15.3 Å². The third-order valence-electron chi connectivity index (χ3n) is 5.73. The van der Waals surface area contributed by atoms with E-state index in [0.717, 1.165) is 23.9 Å². The van der Waals surface area contributed by atoms with Gasteiger partial charge in [0.1, 0.15) is 5.82 Å². The predicted molar refractivity (Wildman–Crippen MR) is 113 cm³/mol. The molecular weight excluding hydrogens is 412 g/mol. The number of hydrogen-bond acceptors (Lipinski definition) is 6. The maximum absolute atomic E-state index is 12.9. The van der Waals surface area contributed by atoms with Crippen LogP contribution in [0.25, 0.3) is 16.7 Å². The van der Waals surface area contributed by atoms with Crippen molar-refractivity contribution in [3.8, 4) is 5.69 Å². The van der Waals surface area contributed by atoms with Gasteiger partial charge >= 0.3 is 5.69 Å². The highest BCUT2D eigenvalue weighted by Crippen LogP contribution is 2.50. The monoisotopic (exact) mass is 430 g/mol. The maximum atomic E-state index is 12.9. The number of nitrogens with zero attached hydrogens (tertiary/aromatic N) is 3. The summed E-state index contributed by atoms with van der Waals surface area (Å²) >= 11 is 6.32. The molecular formula is C20H19ClN4O3S. The quantitative estimate of drug-likeness (QED) is 0.686. The molecule has 2 aliphatic rings. The molecule has 1 aromatic carbocycles. The molecule has 7 nitrogen and oxygen atoms in total. The summed E-state index contributed by atoms with van der Waals surface area (Å²) in [5.41, 5.74) is 1.24. The van der Waals surface area contributed by atoms with Gasteiger partial charge in [0.2, 0.25) is 0 Å². The molecule has 1 aliphatic carbocycles. The van der Waals surface area contributed by atoms with E-state index >= 15 is 0 Å². The molecule has 5 rings (SSSR count). The number of pyridine rings is 1. The third kappa shape index (κ3) is 3.11. The van der Waals surface area contributed by atoms with Gasteiger partial charge in [-0.1, -0.05) is 23.7 Å². The smallest absolute Gasteiger partial charge is 0.355 e. The van der Waals surface area contributed by atoms with Gasteiger partial charge in [-0.15, -0.1) is 0 Å². The van der Waals surface area contributed by atoms with E-state index in [9.17, 15) is 13.2 Å². The Bertz CT molecular complexity index is 1300. The zero-order valence-corrected chi connectivity index (χ0v) is 17.3. The number of aromatic nitrogens is 3. The number of rotatable bonds is 3. The average molecular weight is 431 g/mol. The van der Waals surface area contributed by atoms with Crippen LogP contribution in [0.3, 0.4) is 0 Å². The fourth-order valence-electron chi connectivity index (χ4n) is 4.56. The number of sulfone groups is 1. The standard InChI is InChI=1S/C20H19ClN4O3S/c1-12-6-7-14-17(23-13-8-20(9-13)10-29(27,28)11-20)24-19(26)25(18(14)22-12)16-5-3-2-4-15(16)21/h2-7,13H,8-11H2,1H3,(H,23,24,26). The molecule has 9 heteroatoms. The highest BCUT2D eigenvalue weighted by molar-refractivity contribution is 7.92. The number of benzene rings is 1. The lowest BCUT2D eigenvalue weighted by molar-refractivity contribution is 0.153. The van der Waals surface area contributed by atoms with Crippen molar-refractivity contribution >= 4 is 38.3 Å². The first-order chi connectivity index (χ1) is 13.8. The Balaban J connectivity index is 1.54. The van der Waals surface area contributed by atoms with Gasteiger partial charge in [-0.05, 0) is 44.0 Å². The molecule has 2 aromatic heterocycles. The van der Waals surface area contributed by atoms with Gasteiger partial charge in [-0.2, -0.15) is 4.98 Å². The van der Waals surface area contributed by atoms with Crippen LogP contribution in [-0.2, 0) is 9.84 Å². The van der Waals surface area contributed by atoms with Crippen molar-refractivity contribution in [3.63, 3.8) is 0 Å². The van der Waals surface area contributed by atoms with Crippen molar-refractivity contribution in [1.29, 1.82) is 0 Å². The molecule has 1 spiro atoms. The Morgan fingerprint density at radius 2 is 1.86 bits per heavy atom. The van der Waals surface area contributed by atoms with E-state index in [1.165, 1.54) is 4.57 Å². The predicted octanol–water partition coefficient (Wildman–Crippen LogP) is 2.73. The van der Waals surface area contributed by atoms with Gasteiger partial charge in [0.25, 0.3) is 0 Å². The molecule has 0 radical (unpaired) electrons. The molecule has 0 unspecified atom stereocenters. The summed E-state index contributed by atoms with van der Waals surface area (Å²) in [4.78, 5) is 21.8. The van der Waals surface area contributed by atoms with Crippen molar-refractivity contribution < 1.29 is 8.42 Å². The molecule has 3 aromatic rings. The van der Waals surface area contributed by atoms with Crippen molar-refractivity contribution in [1.82, 2.24) is 14.5 Å². The molecule has 2 fully saturated rings. The van der Waals surface area contributed by atoms with E-state index in [-0.39, 0.29) is 23.0 Å². The first kappa shape index (κ1) is 18.6. The van der Waals surface area contributed by atoms with Crippen molar-refractivity contribution in [3.05, 3.63) is 57.6 Å². The van der Waals surface area contributed by atoms with Crippen LogP contribution in [-0.4, -0.2) is 40.5 Å². The molecule has 150 valence electrons. The normalized spacial score (nSPS) is 19.7. The van der Waals surface area contributed by atoms with Crippen LogP contribution in [0, 0.1) is 12.3 Å². The molecule has 0 amide bonds. The lowest BCUT2D eigenvalue weighted by Crippen LogP contribution is -2.60. The fourth-order valence-corrected chi connectivity index (χ4v) is 7.04. The van der Waals surface area contributed by atoms with Gasteiger partial charge in [0.15, 0.2) is 15.5 Å². The SMILES string of the molecule is Cc1ccc2c(NC3CC4(C3)CS(=O)(=O)C4)nc(=O)n(-c3ccccc3Cl)c2n1. The highest BCUT2D eigenvalue weighted by Gasteiger charge is 2.56. The number of anilines is 1. The largest absolute Gasteiger partial charge is 0.367 e. The Morgan fingerprint density at radius 3 is 2.55 bits per heavy atom. The summed E-state index contributed by atoms with van der Waals surface area (Å²) in [5, 5.41) is 4.49. The van der Waals surface area contributed by atoms with Gasteiger partial charge in [-0.3, -0.25) is 0 Å². The first-order valence-electron chi connectivity index (χ1n) is 9.38. The molecule has 1 saturated heterocycles. The third-order valence-corrected chi connectivity index (χ3v) is 8.15. The highest BCUT2D eigenvalue weighted by atomic mass is 35.5. The number of fused-ring (bicyclic) bond motifs is 1. The van der Waals surface area contributed by atoms with E-state index < -0.39 is 15.5 Å². The van der Waals surface area contributed by atoms with Gasteiger partial charge in [-0.25, -0.2) is 22.8 Å². The van der Waals surface area contributed by atoms with Gasteiger partial charge < -0.3 is 5.32 Å². The molecule has 1 N–H and O–H groups in total. The summed E-state index contributed by atoms with van der Waals surface area (Å²) in [5.74, 6) is 1.01. The number of nitrogens with one attached hydrogen (secondary N) is 1. The number of aryl methyl sites for hydroxylation is 1. The van der Waals surface area contributed by atoms with Crippen molar-refractivity contribution in [2.75, 3.05) is 16.8 Å². The van der Waals surface area contributed by atoms with Crippen LogP contribution in [0.4, 0.5) is 5.82 Å². The average Bonchev–Trinajstić information content (AvgIpc) is 2.59. The molecule has 0 bridgehead atoms. The molecule has 3 heterocycles. The van der Waals surface area contributed by atoms with E-state index in [0.29, 0.717) is 22.2 Å². The maximum Gasteiger partial charge on any atom is 0.355 e. The number of para-hydroxylation sites is 1. The lowest BCUT2D eigenvalue weighted by Gasteiger charge is -2.53. The van der Waals surface area contributed by atoms with Crippen LogP contribution in [0.5, 0.6) is 0 Å². The number of halogens is 1. The Morgan fingerprint density at radius 1 is 1.14 bits per heavy atom. The van der Waals surface area contributed by atoms with E-state index in [1.807, 2.05) is 25.1 Å². The zero-order valence-electron chi connectivity index (χ0n) is 15.7. The molecule has 0 atom stereocenters. The second-order valence-electron chi connectivity index (χ2n) is 8.14.